The van der Waals surface area contributed by atoms with Crippen LogP contribution in [0.2, 0.25) is 0 Å². The summed E-state index contributed by atoms with van der Waals surface area (Å²) in [4.78, 5) is 12.0. The summed E-state index contributed by atoms with van der Waals surface area (Å²) in [6.07, 6.45) is 0. The molecule has 0 heterocycles. The Bertz CT molecular complexity index is 666. The van der Waals surface area contributed by atoms with E-state index >= 15 is 0 Å². The van der Waals surface area contributed by atoms with Crippen LogP contribution in [-0.4, -0.2) is 5.91 Å². The highest BCUT2D eigenvalue weighted by molar-refractivity contribution is 9.10. The molecule has 0 bridgehead atoms. The highest BCUT2D eigenvalue weighted by atomic mass is 79.9. The van der Waals surface area contributed by atoms with Gasteiger partial charge in [-0.15, -0.1) is 0 Å². The van der Waals surface area contributed by atoms with E-state index in [0.29, 0.717) is 4.47 Å². The molecule has 0 aromatic heterocycles. The van der Waals surface area contributed by atoms with E-state index in [1.165, 1.54) is 25.1 Å². The Morgan fingerprint density at radius 1 is 1.25 bits per heavy atom. The molecule has 3 nitrogen and oxygen atoms in total. The number of amides is 1. The van der Waals surface area contributed by atoms with E-state index in [-0.39, 0.29) is 22.5 Å². The van der Waals surface area contributed by atoms with Crippen LogP contribution < -0.4 is 11.1 Å². The molecule has 0 saturated heterocycles. The molecule has 0 radical (unpaired) electrons. The van der Waals surface area contributed by atoms with Gasteiger partial charge in [-0.05, 0) is 53.2 Å². The zero-order valence-corrected chi connectivity index (χ0v) is 12.1. The van der Waals surface area contributed by atoms with Crippen LogP contribution in [0.4, 0.5) is 20.2 Å². The normalized spacial score (nSPS) is 10.4. The first kappa shape index (κ1) is 14.5. The average molecular weight is 341 g/mol. The van der Waals surface area contributed by atoms with Gasteiger partial charge in [0.2, 0.25) is 0 Å². The highest BCUT2D eigenvalue weighted by Gasteiger charge is 2.13. The predicted molar refractivity (Wildman–Crippen MR) is 77.6 cm³/mol. The fourth-order valence-corrected chi connectivity index (χ4v) is 1.96. The second-order valence-corrected chi connectivity index (χ2v) is 5.10. The molecular formula is C14H11BrF2N2O. The van der Waals surface area contributed by atoms with Gasteiger partial charge < -0.3 is 11.1 Å². The number of halogens is 3. The zero-order chi connectivity index (χ0) is 14.9. The van der Waals surface area contributed by atoms with Crippen molar-refractivity contribution in [2.75, 3.05) is 11.1 Å². The van der Waals surface area contributed by atoms with Gasteiger partial charge >= 0.3 is 0 Å². The second kappa shape index (κ2) is 5.58. The fraction of sp³-hybridized carbons (Fsp3) is 0.0714. The van der Waals surface area contributed by atoms with Crippen LogP contribution >= 0.6 is 15.9 Å². The molecule has 0 aliphatic heterocycles. The molecular weight excluding hydrogens is 330 g/mol. The van der Waals surface area contributed by atoms with Crippen LogP contribution in [0.15, 0.2) is 34.8 Å². The minimum absolute atomic E-state index is 0.0711. The van der Waals surface area contributed by atoms with E-state index < -0.39 is 17.5 Å². The van der Waals surface area contributed by atoms with Crippen LogP contribution in [0.1, 0.15) is 15.9 Å². The maximum atomic E-state index is 13.6. The third-order valence-corrected chi connectivity index (χ3v) is 3.51. The van der Waals surface area contributed by atoms with Crippen LogP contribution in [-0.2, 0) is 0 Å². The molecule has 0 atom stereocenters. The standard InChI is InChI=1S/C14H11BrF2N2O/c1-7-11(17)4-8(5-12(7)18)14(20)19-13-6-9(16)2-3-10(13)15/h2-6H,18H2,1H3,(H,19,20). The van der Waals surface area contributed by atoms with Crippen LogP contribution in [0.3, 0.4) is 0 Å². The van der Waals surface area contributed by atoms with Gasteiger partial charge in [-0.1, -0.05) is 0 Å². The Morgan fingerprint density at radius 2 is 1.95 bits per heavy atom. The maximum Gasteiger partial charge on any atom is 0.255 e. The van der Waals surface area contributed by atoms with Crippen molar-refractivity contribution in [1.29, 1.82) is 0 Å². The summed E-state index contributed by atoms with van der Waals surface area (Å²) in [6.45, 7) is 1.52. The number of benzene rings is 2. The molecule has 3 N–H and O–H groups in total. The fourth-order valence-electron chi connectivity index (χ4n) is 1.62. The first-order valence-corrected chi connectivity index (χ1v) is 6.50. The van der Waals surface area contributed by atoms with Gasteiger partial charge in [0.15, 0.2) is 0 Å². The predicted octanol–water partition coefficient (Wildman–Crippen LogP) is 3.87. The Labute approximate surface area is 122 Å². The lowest BCUT2D eigenvalue weighted by molar-refractivity contribution is 0.102. The van der Waals surface area contributed by atoms with E-state index in [4.69, 9.17) is 5.73 Å². The van der Waals surface area contributed by atoms with Crippen molar-refractivity contribution in [1.82, 2.24) is 0 Å². The molecule has 104 valence electrons. The molecule has 0 aliphatic rings. The molecule has 2 aromatic carbocycles. The molecule has 0 fully saturated rings. The lowest BCUT2D eigenvalue weighted by atomic mass is 10.1. The number of carbonyl (C=O) groups is 1. The van der Waals surface area contributed by atoms with E-state index in [1.54, 1.807) is 0 Å². The van der Waals surface area contributed by atoms with Crippen molar-refractivity contribution < 1.29 is 13.6 Å². The zero-order valence-electron chi connectivity index (χ0n) is 10.5. The van der Waals surface area contributed by atoms with Crippen molar-refractivity contribution in [2.24, 2.45) is 0 Å². The number of hydrogen-bond donors (Lipinski definition) is 2. The SMILES string of the molecule is Cc1c(N)cc(C(=O)Nc2cc(F)ccc2Br)cc1F. The number of anilines is 2. The topological polar surface area (TPSA) is 55.1 Å². The largest absolute Gasteiger partial charge is 0.398 e. The molecule has 0 spiro atoms. The van der Waals surface area contributed by atoms with Crippen molar-refractivity contribution >= 4 is 33.2 Å². The minimum Gasteiger partial charge on any atom is -0.398 e. The second-order valence-electron chi connectivity index (χ2n) is 4.25. The number of nitrogens with two attached hydrogens (primary N) is 1. The third kappa shape index (κ3) is 2.96. The minimum atomic E-state index is -0.568. The van der Waals surface area contributed by atoms with Crippen LogP contribution in [0, 0.1) is 18.6 Å². The summed E-state index contributed by atoms with van der Waals surface area (Å²) >= 11 is 3.19. The van der Waals surface area contributed by atoms with Crippen molar-refractivity contribution in [2.45, 2.75) is 6.92 Å². The summed E-state index contributed by atoms with van der Waals surface area (Å²) in [5, 5.41) is 2.49. The van der Waals surface area contributed by atoms with Gasteiger partial charge in [0.1, 0.15) is 11.6 Å². The van der Waals surface area contributed by atoms with Crippen molar-refractivity contribution in [3.05, 3.63) is 57.6 Å². The van der Waals surface area contributed by atoms with E-state index in [0.717, 1.165) is 12.1 Å². The Balaban J connectivity index is 2.31. The van der Waals surface area contributed by atoms with Gasteiger partial charge in [-0.25, -0.2) is 8.78 Å². The number of nitrogen functional groups attached to an aromatic ring is 1. The van der Waals surface area contributed by atoms with E-state index in [2.05, 4.69) is 21.2 Å². The van der Waals surface area contributed by atoms with Crippen LogP contribution in [0.5, 0.6) is 0 Å². The molecule has 0 aliphatic carbocycles. The third-order valence-electron chi connectivity index (χ3n) is 2.82. The molecule has 2 rings (SSSR count). The van der Waals surface area contributed by atoms with Gasteiger partial charge in [0, 0.05) is 21.3 Å². The van der Waals surface area contributed by atoms with Crippen molar-refractivity contribution in [3.8, 4) is 0 Å². The number of hydrogen-bond acceptors (Lipinski definition) is 2. The molecule has 20 heavy (non-hydrogen) atoms. The summed E-state index contributed by atoms with van der Waals surface area (Å²) in [7, 11) is 0. The number of rotatable bonds is 2. The number of nitrogens with one attached hydrogen (secondary N) is 1. The quantitative estimate of drug-likeness (QED) is 0.815. The summed E-state index contributed by atoms with van der Waals surface area (Å²) in [6, 6.07) is 6.35. The molecule has 6 heteroatoms. The van der Waals surface area contributed by atoms with Gasteiger partial charge in [0.05, 0.1) is 5.69 Å². The van der Waals surface area contributed by atoms with E-state index in [9.17, 15) is 13.6 Å². The highest BCUT2D eigenvalue weighted by Crippen LogP contribution is 2.24. The Kier molecular flexibility index (Phi) is 4.04. The lowest BCUT2D eigenvalue weighted by Crippen LogP contribution is -2.13. The number of carbonyl (C=O) groups excluding carboxylic acids is 1. The maximum absolute atomic E-state index is 13.6. The van der Waals surface area contributed by atoms with Crippen molar-refractivity contribution in [3.63, 3.8) is 0 Å². The lowest BCUT2D eigenvalue weighted by Gasteiger charge is -2.09. The summed E-state index contributed by atoms with van der Waals surface area (Å²) < 4.78 is 27.2. The van der Waals surface area contributed by atoms with Gasteiger partial charge in [-0.2, -0.15) is 0 Å². The first-order valence-electron chi connectivity index (χ1n) is 5.70. The van der Waals surface area contributed by atoms with Gasteiger partial charge in [0.25, 0.3) is 5.91 Å². The van der Waals surface area contributed by atoms with Crippen LogP contribution in [0.25, 0.3) is 0 Å². The summed E-state index contributed by atoms with van der Waals surface area (Å²) in [5.74, 6) is -1.62. The smallest absolute Gasteiger partial charge is 0.255 e. The Hall–Kier alpha value is -1.95. The summed E-state index contributed by atoms with van der Waals surface area (Å²) in [5.41, 5.74) is 6.42. The molecule has 2 aromatic rings. The first-order chi connectivity index (χ1) is 9.38. The Morgan fingerprint density at radius 3 is 2.60 bits per heavy atom. The van der Waals surface area contributed by atoms with E-state index in [1.807, 2.05) is 0 Å². The van der Waals surface area contributed by atoms with Gasteiger partial charge in [-0.3, -0.25) is 4.79 Å². The monoisotopic (exact) mass is 340 g/mol. The molecule has 0 saturated carbocycles. The average Bonchev–Trinajstić information content (AvgIpc) is 2.39. The molecule has 0 unspecified atom stereocenters. The molecule has 1 amide bonds.